The van der Waals surface area contributed by atoms with Gasteiger partial charge < -0.3 is 9.47 Å². The van der Waals surface area contributed by atoms with Crippen molar-refractivity contribution in [3.8, 4) is 0 Å². The molecular weight excluding hydrogens is 268 g/mol. The van der Waals surface area contributed by atoms with Gasteiger partial charge in [-0.15, -0.1) is 0 Å². The first kappa shape index (κ1) is 15.1. The van der Waals surface area contributed by atoms with Crippen molar-refractivity contribution in [3.63, 3.8) is 0 Å². The summed E-state index contributed by atoms with van der Waals surface area (Å²) in [5, 5.41) is 0.0995. The average molecular weight is 288 g/mol. The normalized spacial score (nSPS) is 10.9. The zero-order valence-electron chi connectivity index (χ0n) is 11.4. The fraction of sp³-hybridized carbons (Fsp3) is 0.294. The van der Waals surface area contributed by atoms with E-state index in [1.165, 1.54) is 11.1 Å². The molecule has 20 heavy (non-hydrogen) atoms. The Hall–Kier alpha value is -1.29. The van der Waals surface area contributed by atoms with E-state index in [4.69, 9.17) is 9.47 Å². The Kier molecular flexibility index (Phi) is 6.64. The number of benzene rings is 2. The van der Waals surface area contributed by atoms with Gasteiger partial charge in [-0.05, 0) is 11.1 Å². The Morgan fingerprint density at radius 3 is 1.50 bits per heavy atom. The fourth-order valence-corrected chi connectivity index (χ4v) is 2.03. The molecule has 0 spiro atoms. The third-order valence-electron chi connectivity index (χ3n) is 2.84. The molecule has 0 saturated heterocycles. The molecule has 2 aromatic carbocycles. The first-order valence-electron chi connectivity index (χ1n) is 6.76. The van der Waals surface area contributed by atoms with Crippen LogP contribution in [-0.2, 0) is 22.7 Å². The summed E-state index contributed by atoms with van der Waals surface area (Å²) in [6, 6.07) is 20.3. The van der Waals surface area contributed by atoms with Gasteiger partial charge in [0.25, 0.3) is 0 Å². The second-order valence-electron chi connectivity index (χ2n) is 4.66. The summed E-state index contributed by atoms with van der Waals surface area (Å²) >= 11 is 4.47. The lowest BCUT2D eigenvalue weighted by molar-refractivity contribution is 0.0749. The molecule has 0 fully saturated rings. The number of rotatable bonds is 8. The van der Waals surface area contributed by atoms with Gasteiger partial charge in [-0.2, -0.15) is 12.6 Å². The molecule has 106 valence electrons. The van der Waals surface area contributed by atoms with Crippen molar-refractivity contribution in [1.29, 1.82) is 0 Å². The first-order valence-corrected chi connectivity index (χ1v) is 7.27. The summed E-state index contributed by atoms with van der Waals surface area (Å²) in [6.45, 7) is 2.42. The van der Waals surface area contributed by atoms with Gasteiger partial charge in [0, 0.05) is 5.25 Å². The van der Waals surface area contributed by atoms with E-state index in [0.29, 0.717) is 26.4 Å². The lowest BCUT2D eigenvalue weighted by Gasteiger charge is -2.12. The minimum absolute atomic E-state index is 0.0995. The highest BCUT2D eigenvalue weighted by Gasteiger charge is 2.04. The van der Waals surface area contributed by atoms with E-state index >= 15 is 0 Å². The predicted octanol–water partition coefficient (Wildman–Crippen LogP) is 3.72. The summed E-state index contributed by atoms with van der Waals surface area (Å²) in [4.78, 5) is 0. The minimum atomic E-state index is 0.0995. The van der Waals surface area contributed by atoms with E-state index in [1.54, 1.807) is 0 Å². The SMILES string of the molecule is SC(COCc1ccccc1)COCc1ccccc1. The monoisotopic (exact) mass is 288 g/mol. The predicted molar refractivity (Wildman–Crippen MR) is 85.0 cm³/mol. The van der Waals surface area contributed by atoms with Gasteiger partial charge in [0.05, 0.1) is 26.4 Å². The third-order valence-corrected chi connectivity index (χ3v) is 3.14. The Morgan fingerprint density at radius 1 is 0.700 bits per heavy atom. The zero-order valence-corrected chi connectivity index (χ0v) is 12.3. The van der Waals surface area contributed by atoms with Crippen molar-refractivity contribution >= 4 is 12.6 Å². The highest BCUT2D eigenvalue weighted by molar-refractivity contribution is 7.81. The molecule has 0 aliphatic carbocycles. The van der Waals surface area contributed by atoms with E-state index in [1.807, 2.05) is 36.4 Å². The minimum Gasteiger partial charge on any atom is -0.376 e. The van der Waals surface area contributed by atoms with Crippen molar-refractivity contribution < 1.29 is 9.47 Å². The summed E-state index contributed by atoms with van der Waals surface area (Å²) in [7, 11) is 0. The van der Waals surface area contributed by atoms with Gasteiger partial charge in [-0.25, -0.2) is 0 Å². The third kappa shape index (κ3) is 5.78. The first-order chi connectivity index (χ1) is 9.84. The van der Waals surface area contributed by atoms with Crippen LogP contribution in [0.2, 0.25) is 0 Å². The lowest BCUT2D eigenvalue weighted by atomic mass is 10.2. The number of thiol groups is 1. The van der Waals surface area contributed by atoms with E-state index in [2.05, 4.69) is 36.9 Å². The van der Waals surface area contributed by atoms with Crippen molar-refractivity contribution in [1.82, 2.24) is 0 Å². The molecule has 0 amide bonds. The van der Waals surface area contributed by atoms with Crippen molar-refractivity contribution in [2.75, 3.05) is 13.2 Å². The molecule has 0 N–H and O–H groups in total. The molecule has 2 rings (SSSR count). The van der Waals surface area contributed by atoms with Gasteiger partial charge in [-0.1, -0.05) is 60.7 Å². The zero-order chi connectivity index (χ0) is 14.0. The largest absolute Gasteiger partial charge is 0.376 e. The summed E-state index contributed by atoms with van der Waals surface area (Å²) in [5.74, 6) is 0. The Balaban J connectivity index is 1.58. The van der Waals surface area contributed by atoms with Gasteiger partial charge >= 0.3 is 0 Å². The van der Waals surface area contributed by atoms with E-state index < -0.39 is 0 Å². The van der Waals surface area contributed by atoms with Gasteiger partial charge in [-0.3, -0.25) is 0 Å². The van der Waals surface area contributed by atoms with Gasteiger partial charge in [0.15, 0.2) is 0 Å². The highest BCUT2D eigenvalue weighted by Crippen LogP contribution is 2.05. The topological polar surface area (TPSA) is 18.5 Å². The Morgan fingerprint density at radius 2 is 1.10 bits per heavy atom. The van der Waals surface area contributed by atoms with Crippen LogP contribution in [0.1, 0.15) is 11.1 Å². The molecule has 0 aliphatic rings. The summed E-state index contributed by atoms with van der Waals surface area (Å²) in [5.41, 5.74) is 2.36. The van der Waals surface area contributed by atoms with E-state index in [0.717, 1.165) is 0 Å². The molecule has 0 aliphatic heterocycles. The maximum atomic E-state index is 5.63. The smallest absolute Gasteiger partial charge is 0.0717 e. The molecular formula is C17H20O2S. The molecule has 2 aromatic rings. The van der Waals surface area contributed by atoms with E-state index in [9.17, 15) is 0 Å². The Bertz CT molecular complexity index is 427. The second kappa shape index (κ2) is 8.80. The number of ether oxygens (including phenoxy) is 2. The van der Waals surface area contributed by atoms with Crippen molar-refractivity contribution in [2.45, 2.75) is 18.5 Å². The van der Waals surface area contributed by atoms with Crippen LogP contribution in [0.4, 0.5) is 0 Å². The van der Waals surface area contributed by atoms with E-state index in [-0.39, 0.29) is 5.25 Å². The fourth-order valence-electron chi connectivity index (χ4n) is 1.82. The molecule has 2 nitrogen and oxygen atoms in total. The molecule has 0 aromatic heterocycles. The molecule has 0 radical (unpaired) electrons. The van der Waals surface area contributed by atoms with Crippen LogP contribution in [0.3, 0.4) is 0 Å². The van der Waals surface area contributed by atoms with Crippen LogP contribution in [0.5, 0.6) is 0 Å². The van der Waals surface area contributed by atoms with Gasteiger partial charge in [0.1, 0.15) is 0 Å². The second-order valence-corrected chi connectivity index (χ2v) is 5.39. The van der Waals surface area contributed by atoms with Gasteiger partial charge in [0.2, 0.25) is 0 Å². The molecule has 0 unspecified atom stereocenters. The highest BCUT2D eigenvalue weighted by atomic mass is 32.1. The van der Waals surface area contributed by atoms with Crippen LogP contribution >= 0.6 is 12.6 Å². The standard InChI is InChI=1S/C17H20O2S/c20-17(13-18-11-15-7-3-1-4-8-15)14-19-12-16-9-5-2-6-10-16/h1-10,17,20H,11-14H2. The maximum Gasteiger partial charge on any atom is 0.0717 e. The maximum absolute atomic E-state index is 5.63. The Labute approximate surface area is 126 Å². The lowest BCUT2D eigenvalue weighted by Crippen LogP contribution is -2.16. The van der Waals surface area contributed by atoms with Crippen LogP contribution in [0.25, 0.3) is 0 Å². The molecule has 0 heterocycles. The number of hydrogen-bond acceptors (Lipinski definition) is 3. The average Bonchev–Trinajstić information content (AvgIpc) is 2.49. The summed E-state index contributed by atoms with van der Waals surface area (Å²) < 4.78 is 11.3. The molecule has 0 saturated carbocycles. The van der Waals surface area contributed by atoms with Crippen LogP contribution < -0.4 is 0 Å². The number of hydrogen-bond donors (Lipinski definition) is 1. The van der Waals surface area contributed by atoms with Crippen molar-refractivity contribution in [2.24, 2.45) is 0 Å². The molecule has 0 bridgehead atoms. The van der Waals surface area contributed by atoms with Crippen LogP contribution in [-0.4, -0.2) is 18.5 Å². The van der Waals surface area contributed by atoms with Crippen molar-refractivity contribution in [3.05, 3.63) is 71.8 Å². The molecule has 3 heteroatoms. The van der Waals surface area contributed by atoms with Crippen LogP contribution in [0, 0.1) is 0 Å². The van der Waals surface area contributed by atoms with Crippen LogP contribution in [0.15, 0.2) is 60.7 Å². The summed E-state index contributed by atoms with van der Waals surface area (Å²) in [6.07, 6.45) is 0. The quantitative estimate of drug-likeness (QED) is 0.746. The molecule has 0 atom stereocenters.